The van der Waals surface area contributed by atoms with Crippen LogP contribution < -0.4 is 10.6 Å². The Morgan fingerprint density at radius 3 is 2.69 bits per heavy atom. The van der Waals surface area contributed by atoms with Gasteiger partial charge >= 0.3 is 0 Å². The highest BCUT2D eigenvalue weighted by Gasteiger charge is 2.24. The van der Waals surface area contributed by atoms with Gasteiger partial charge in [0.2, 0.25) is 5.91 Å². The van der Waals surface area contributed by atoms with E-state index in [9.17, 15) is 4.79 Å². The zero-order valence-electron chi connectivity index (χ0n) is 10.2. The molecule has 0 aromatic carbocycles. The number of piperazine rings is 1. The maximum atomic E-state index is 11.9. The standard InChI is InChI=1S/C12H23N3O/c1-10(15-7-5-13-6-8-15)12(16)14-9-11-3-2-4-11/h10-11,13H,2-9H2,1H3,(H,14,16). The molecule has 92 valence electrons. The summed E-state index contributed by atoms with van der Waals surface area (Å²) in [6.07, 6.45) is 3.93. The Kier molecular flexibility index (Phi) is 4.18. The lowest BCUT2D eigenvalue weighted by atomic mass is 9.85. The number of nitrogens with one attached hydrogen (secondary N) is 2. The fraction of sp³-hybridized carbons (Fsp3) is 0.917. The second-order valence-corrected chi connectivity index (χ2v) is 5.00. The average Bonchev–Trinajstić information content (AvgIpc) is 2.27. The minimum atomic E-state index is 0.0298. The van der Waals surface area contributed by atoms with Crippen molar-refractivity contribution in [3.05, 3.63) is 0 Å². The molecule has 1 saturated carbocycles. The predicted molar refractivity (Wildman–Crippen MR) is 64.3 cm³/mol. The molecule has 2 aliphatic rings. The quantitative estimate of drug-likeness (QED) is 0.718. The molecular formula is C12H23N3O. The maximum absolute atomic E-state index is 11.9. The van der Waals surface area contributed by atoms with Crippen LogP contribution in [-0.4, -0.2) is 49.6 Å². The molecule has 1 unspecified atom stereocenters. The van der Waals surface area contributed by atoms with Crippen LogP contribution in [0.4, 0.5) is 0 Å². The van der Waals surface area contributed by atoms with Crippen LogP contribution >= 0.6 is 0 Å². The van der Waals surface area contributed by atoms with E-state index in [4.69, 9.17) is 0 Å². The normalized spacial score (nSPS) is 24.8. The van der Waals surface area contributed by atoms with E-state index >= 15 is 0 Å². The first-order valence-corrected chi connectivity index (χ1v) is 6.50. The monoisotopic (exact) mass is 225 g/mol. The zero-order valence-corrected chi connectivity index (χ0v) is 10.2. The molecule has 1 amide bonds. The minimum absolute atomic E-state index is 0.0298. The molecule has 2 N–H and O–H groups in total. The molecule has 2 rings (SSSR count). The maximum Gasteiger partial charge on any atom is 0.237 e. The molecule has 0 aromatic heterocycles. The van der Waals surface area contributed by atoms with Gasteiger partial charge in [0.05, 0.1) is 6.04 Å². The topological polar surface area (TPSA) is 44.4 Å². The molecule has 0 spiro atoms. The van der Waals surface area contributed by atoms with Crippen LogP contribution in [0.15, 0.2) is 0 Å². The summed E-state index contributed by atoms with van der Waals surface area (Å²) in [5.41, 5.74) is 0. The fourth-order valence-electron chi connectivity index (χ4n) is 2.32. The Labute approximate surface area is 97.8 Å². The molecule has 1 saturated heterocycles. The van der Waals surface area contributed by atoms with Crippen molar-refractivity contribution in [1.29, 1.82) is 0 Å². The average molecular weight is 225 g/mol. The van der Waals surface area contributed by atoms with E-state index in [-0.39, 0.29) is 11.9 Å². The number of rotatable bonds is 4. The van der Waals surface area contributed by atoms with Crippen molar-refractivity contribution in [3.8, 4) is 0 Å². The van der Waals surface area contributed by atoms with Crippen molar-refractivity contribution in [2.75, 3.05) is 32.7 Å². The van der Waals surface area contributed by atoms with Crippen molar-refractivity contribution in [2.24, 2.45) is 5.92 Å². The highest BCUT2D eigenvalue weighted by atomic mass is 16.2. The second kappa shape index (κ2) is 5.64. The first-order valence-electron chi connectivity index (χ1n) is 6.50. The SMILES string of the molecule is CC(C(=O)NCC1CCC1)N1CCNCC1. The number of hydrogen-bond acceptors (Lipinski definition) is 3. The summed E-state index contributed by atoms with van der Waals surface area (Å²) in [7, 11) is 0. The van der Waals surface area contributed by atoms with Crippen LogP contribution in [-0.2, 0) is 4.79 Å². The summed E-state index contributed by atoms with van der Waals surface area (Å²) in [4.78, 5) is 14.2. The first kappa shape index (κ1) is 11.9. The molecular weight excluding hydrogens is 202 g/mol. The Morgan fingerprint density at radius 2 is 2.12 bits per heavy atom. The van der Waals surface area contributed by atoms with Gasteiger partial charge in [-0.25, -0.2) is 0 Å². The number of hydrogen-bond donors (Lipinski definition) is 2. The zero-order chi connectivity index (χ0) is 11.4. The lowest BCUT2D eigenvalue weighted by molar-refractivity contribution is -0.126. The van der Waals surface area contributed by atoms with Gasteiger partial charge in [0, 0.05) is 32.7 Å². The van der Waals surface area contributed by atoms with Crippen molar-refractivity contribution >= 4 is 5.91 Å². The number of nitrogens with zero attached hydrogens (tertiary/aromatic N) is 1. The molecule has 1 aliphatic carbocycles. The van der Waals surface area contributed by atoms with E-state index < -0.39 is 0 Å². The first-order chi connectivity index (χ1) is 7.77. The van der Waals surface area contributed by atoms with Gasteiger partial charge in [0.15, 0.2) is 0 Å². The Bertz CT molecular complexity index is 234. The van der Waals surface area contributed by atoms with E-state index in [1.54, 1.807) is 0 Å². The summed E-state index contributed by atoms with van der Waals surface area (Å²) in [6, 6.07) is 0.0298. The molecule has 16 heavy (non-hydrogen) atoms. The van der Waals surface area contributed by atoms with Gasteiger partial charge in [-0.2, -0.15) is 0 Å². The van der Waals surface area contributed by atoms with Gasteiger partial charge in [0.1, 0.15) is 0 Å². The van der Waals surface area contributed by atoms with Crippen LogP contribution in [0.25, 0.3) is 0 Å². The van der Waals surface area contributed by atoms with Crippen LogP contribution in [0.2, 0.25) is 0 Å². The van der Waals surface area contributed by atoms with Gasteiger partial charge in [-0.3, -0.25) is 9.69 Å². The van der Waals surface area contributed by atoms with Crippen LogP contribution in [0.1, 0.15) is 26.2 Å². The minimum Gasteiger partial charge on any atom is -0.354 e. The molecule has 0 aromatic rings. The van der Waals surface area contributed by atoms with Crippen molar-refractivity contribution in [3.63, 3.8) is 0 Å². The summed E-state index contributed by atoms with van der Waals surface area (Å²) in [6.45, 7) is 6.87. The third-order valence-corrected chi connectivity index (χ3v) is 3.87. The lowest BCUT2D eigenvalue weighted by Crippen LogP contribution is -2.53. The summed E-state index contributed by atoms with van der Waals surface area (Å²) in [5, 5.41) is 6.38. The third kappa shape index (κ3) is 2.95. The van der Waals surface area contributed by atoms with Crippen LogP contribution in [0.5, 0.6) is 0 Å². The highest BCUT2D eigenvalue weighted by Crippen LogP contribution is 2.25. The molecule has 2 fully saturated rings. The van der Waals surface area contributed by atoms with Crippen molar-refractivity contribution in [2.45, 2.75) is 32.2 Å². The molecule has 0 bridgehead atoms. The third-order valence-electron chi connectivity index (χ3n) is 3.87. The van der Waals surface area contributed by atoms with Gasteiger partial charge in [-0.1, -0.05) is 6.42 Å². The molecule has 4 heteroatoms. The summed E-state index contributed by atoms with van der Waals surface area (Å²) in [5.74, 6) is 0.952. The number of carbonyl (C=O) groups is 1. The summed E-state index contributed by atoms with van der Waals surface area (Å²) < 4.78 is 0. The molecule has 4 nitrogen and oxygen atoms in total. The van der Waals surface area contributed by atoms with Crippen LogP contribution in [0, 0.1) is 5.92 Å². The Morgan fingerprint density at radius 1 is 1.44 bits per heavy atom. The molecule has 1 heterocycles. The molecule has 1 atom stereocenters. The van der Waals surface area contributed by atoms with Crippen molar-refractivity contribution < 1.29 is 4.79 Å². The fourth-order valence-corrected chi connectivity index (χ4v) is 2.32. The van der Waals surface area contributed by atoms with Gasteiger partial charge in [-0.15, -0.1) is 0 Å². The Hall–Kier alpha value is -0.610. The predicted octanol–water partition coefficient (Wildman–Crippen LogP) is 0.196. The van der Waals surface area contributed by atoms with E-state index in [0.717, 1.165) is 38.6 Å². The smallest absolute Gasteiger partial charge is 0.237 e. The van der Waals surface area contributed by atoms with Crippen LogP contribution in [0.3, 0.4) is 0 Å². The largest absolute Gasteiger partial charge is 0.354 e. The van der Waals surface area contributed by atoms with E-state index in [1.807, 2.05) is 6.92 Å². The van der Waals surface area contributed by atoms with Gasteiger partial charge in [-0.05, 0) is 25.7 Å². The molecule has 1 aliphatic heterocycles. The van der Waals surface area contributed by atoms with Crippen molar-refractivity contribution in [1.82, 2.24) is 15.5 Å². The molecule has 0 radical (unpaired) electrons. The second-order valence-electron chi connectivity index (χ2n) is 5.00. The van der Waals surface area contributed by atoms with E-state index in [0.29, 0.717) is 0 Å². The van der Waals surface area contributed by atoms with E-state index in [1.165, 1.54) is 19.3 Å². The van der Waals surface area contributed by atoms with E-state index in [2.05, 4.69) is 15.5 Å². The lowest BCUT2D eigenvalue weighted by Gasteiger charge is -2.33. The highest BCUT2D eigenvalue weighted by molar-refractivity contribution is 5.81. The van der Waals surface area contributed by atoms with Gasteiger partial charge < -0.3 is 10.6 Å². The summed E-state index contributed by atoms with van der Waals surface area (Å²) >= 11 is 0. The Balaban J connectivity index is 1.69. The number of carbonyl (C=O) groups excluding carboxylic acids is 1. The van der Waals surface area contributed by atoms with Gasteiger partial charge in [0.25, 0.3) is 0 Å². The number of amides is 1.